The SMILES string of the molecule is CN1CCC(N(Cc2ccco2)C2=NCCCS2)CC1. The van der Waals surface area contributed by atoms with Crippen molar-refractivity contribution in [1.29, 1.82) is 0 Å². The van der Waals surface area contributed by atoms with Crippen molar-refractivity contribution in [2.75, 3.05) is 32.4 Å². The van der Waals surface area contributed by atoms with Crippen LogP contribution in [-0.4, -0.2) is 53.4 Å². The topological polar surface area (TPSA) is 32.0 Å². The van der Waals surface area contributed by atoms with Gasteiger partial charge in [-0.3, -0.25) is 4.99 Å². The average molecular weight is 293 g/mol. The fourth-order valence-corrected chi connectivity index (χ4v) is 3.87. The number of furan rings is 1. The molecule has 0 aromatic carbocycles. The molecule has 4 nitrogen and oxygen atoms in total. The molecule has 3 heterocycles. The van der Waals surface area contributed by atoms with Crippen molar-refractivity contribution < 1.29 is 4.42 Å². The number of rotatable bonds is 3. The molecule has 0 atom stereocenters. The highest BCUT2D eigenvalue weighted by molar-refractivity contribution is 8.13. The molecule has 1 fully saturated rings. The molecule has 1 saturated heterocycles. The van der Waals surface area contributed by atoms with Gasteiger partial charge in [-0.15, -0.1) is 0 Å². The molecule has 3 rings (SSSR count). The van der Waals surface area contributed by atoms with Crippen molar-refractivity contribution in [1.82, 2.24) is 9.80 Å². The molecule has 20 heavy (non-hydrogen) atoms. The van der Waals surface area contributed by atoms with Gasteiger partial charge in [0, 0.05) is 18.3 Å². The number of thioether (sulfide) groups is 1. The Hall–Kier alpha value is -0.940. The lowest BCUT2D eigenvalue weighted by Gasteiger charge is -2.39. The summed E-state index contributed by atoms with van der Waals surface area (Å²) < 4.78 is 5.55. The summed E-state index contributed by atoms with van der Waals surface area (Å²) in [6, 6.07) is 4.63. The van der Waals surface area contributed by atoms with E-state index in [1.165, 1.54) is 43.3 Å². The number of piperidine rings is 1. The standard InChI is InChI=1S/C15H23N3OS/c1-17-8-5-13(6-9-17)18(12-14-4-2-10-19-14)15-16-7-3-11-20-15/h2,4,10,13H,3,5-9,11-12H2,1H3. The van der Waals surface area contributed by atoms with E-state index in [1.54, 1.807) is 6.26 Å². The summed E-state index contributed by atoms with van der Waals surface area (Å²) in [6.45, 7) is 4.19. The number of aliphatic imine (C=N–C) groups is 1. The molecule has 0 spiro atoms. The minimum Gasteiger partial charge on any atom is -0.467 e. The van der Waals surface area contributed by atoms with Crippen molar-refractivity contribution in [3.63, 3.8) is 0 Å². The Morgan fingerprint density at radius 2 is 2.30 bits per heavy atom. The number of likely N-dealkylation sites (tertiary alicyclic amines) is 1. The average Bonchev–Trinajstić information content (AvgIpc) is 3.00. The van der Waals surface area contributed by atoms with Crippen LogP contribution in [0.3, 0.4) is 0 Å². The van der Waals surface area contributed by atoms with Gasteiger partial charge in [0.2, 0.25) is 0 Å². The van der Waals surface area contributed by atoms with E-state index < -0.39 is 0 Å². The van der Waals surface area contributed by atoms with Crippen LogP contribution in [-0.2, 0) is 6.54 Å². The smallest absolute Gasteiger partial charge is 0.159 e. The monoisotopic (exact) mass is 293 g/mol. The lowest BCUT2D eigenvalue weighted by molar-refractivity contribution is 0.168. The first-order chi connectivity index (χ1) is 9.83. The quantitative estimate of drug-likeness (QED) is 0.857. The van der Waals surface area contributed by atoms with E-state index in [0.29, 0.717) is 6.04 Å². The Labute approximate surface area is 125 Å². The molecule has 0 N–H and O–H groups in total. The number of hydrogen-bond donors (Lipinski definition) is 0. The number of hydrogen-bond acceptors (Lipinski definition) is 5. The lowest BCUT2D eigenvalue weighted by atomic mass is 10.0. The fraction of sp³-hybridized carbons (Fsp3) is 0.667. The molecular formula is C15H23N3OS. The van der Waals surface area contributed by atoms with E-state index in [-0.39, 0.29) is 0 Å². The summed E-state index contributed by atoms with van der Waals surface area (Å²) in [4.78, 5) is 9.65. The minimum atomic E-state index is 0.598. The maximum atomic E-state index is 5.55. The van der Waals surface area contributed by atoms with Gasteiger partial charge in [-0.05, 0) is 51.5 Å². The highest BCUT2D eigenvalue weighted by Gasteiger charge is 2.27. The van der Waals surface area contributed by atoms with Crippen LogP contribution in [0, 0.1) is 0 Å². The van der Waals surface area contributed by atoms with E-state index in [1.807, 2.05) is 17.8 Å². The molecule has 0 saturated carbocycles. The van der Waals surface area contributed by atoms with Crippen molar-refractivity contribution in [3.8, 4) is 0 Å². The summed E-state index contributed by atoms with van der Waals surface area (Å²) in [5.41, 5.74) is 0. The molecule has 0 radical (unpaired) electrons. The summed E-state index contributed by atoms with van der Waals surface area (Å²) in [5, 5.41) is 1.22. The summed E-state index contributed by atoms with van der Waals surface area (Å²) in [5.74, 6) is 2.23. The molecule has 0 bridgehead atoms. The minimum absolute atomic E-state index is 0.598. The van der Waals surface area contributed by atoms with Crippen LogP contribution >= 0.6 is 11.8 Å². The van der Waals surface area contributed by atoms with Gasteiger partial charge in [-0.25, -0.2) is 0 Å². The second-order valence-electron chi connectivity index (χ2n) is 5.61. The molecule has 0 aliphatic carbocycles. The van der Waals surface area contributed by atoms with Gasteiger partial charge < -0.3 is 14.2 Å². The van der Waals surface area contributed by atoms with Gasteiger partial charge >= 0.3 is 0 Å². The number of amidine groups is 1. The van der Waals surface area contributed by atoms with Crippen LogP contribution < -0.4 is 0 Å². The first-order valence-corrected chi connectivity index (χ1v) is 8.46. The largest absolute Gasteiger partial charge is 0.467 e. The molecule has 1 aromatic heterocycles. The zero-order chi connectivity index (χ0) is 13.8. The van der Waals surface area contributed by atoms with E-state index >= 15 is 0 Å². The van der Waals surface area contributed by atoms with Crippen LogP contribution in [0.1, 0.15) is 25.0 Å². The maximum absolute atomic E-state index is 5.55. The van der Waals surface area contributed by atoms with Gasteiger partial charge in [0.1, 0.15) is 5.76 Å². The molecule has 1 aromatic rings. The third-order valence-corrected chi connectivity index (χ3v) is 5.18. The second kappa shape index (κ2) is 6.68. The maximum Gasteiger partial charge on any atom is 0.159 e. The van der Waals surface area contributed by atoms with Crippen molar-refractivity contribution >= 4 is 16.9 Å². The third kappa shape index (κ3) is 3.38. The van der Waals surface area contributed by atoms with Gasteiger partial charge in [0.15, 0.2) is 5.17 Å². The third-order valence-electron chi connectivity index (χ3n) is 4.06. The van der Waals surface area contributed by atoms with Gasteiger partial charge in [0.05, 0.1) is 12.8 Å². The molecule has 0 amide bonds. The zero-order valence-electron chi connectivity index (χ0n) is 12.1. The van der Waals surface area contributed by atoms with Crippen LogP contribution in [0.25, 0.3) is 0 Å². The van der Waals surface area contributed by atoms with E-state index in [0.717, 1.165) is 18.8 Å². The van der Waals surface area contributed by atoms with Gasteiger partial charge in [0.25, 0.3) is 0 Å². The summed E-state index contributed by atoms with van der Waals surface area (Å²) in [7, 11) is 2.21. The Kier molecular flexibility index (Phi) is 4.68. The van der Waals surface area contributed by atoms with Crippen molar-refractivity contribution in [3.05, 3.63) is 24.2 Å². The Bertz CT molecular complexity index is 438. The van der Waals surface area contributed by atoms with Gasteiger partial charge in [-0.1, -0.05) is 11.8 Å². The van der Waals surface area contributed by atoms with Crippen LogP contribution in [0.15, 0.2) is 27.8 Å². The molecule has 110 valence electrons. The summed E-state index contributed by atoms with van der Waals surface area (Å²) >= 11 is 1.91. The van der Waals surface area contributed by atoms with Gasteiger partial charge in [-0.2, -0.15) is 0 Å². The second-order valence-corrected chi connectivity index (χ2v) is 6.67. The summed E-state index contributed by atoms with van der Waals surface area (Å²) in [6.07, 6.45) is 5.40. The molecule has 5 heteroatoms. The predicted molar refractivity (Wildman–Crippen MR) is 84.1 cm³/mol. The molecule has 2 aliphatic rings. The Morgan fingerprint density at radius 3 is 2.95 bits per heavy atom. The van der Waals surface area contributed by atoms with E-state index in [9.17, 15) is 0 Å². The van der Waals surface area contributed by atoms with Crippen molar-refractivity contribution in [2.45, 2.75) is 31.8 Å². The van der Waals surface area contributed by atoms with E-state index in [4.69, 9.17) is 9.41 Å². The van der Waals surface area contributed by atoms with Crippen LogP contribution in [0.4, 0.5) is 0 Å². The lowest BCUT2D eigenvalue weighted by Crippen LogP contribution is -2.45. The molecular weight excluding hydrogens is 270 g/mol. The first kappa shape index (κ1) is 14.0. The zero-order valence-corrected chi connectivity index (χ0v) is 12.9. The first-order valence-electron chi connectivity index (χ1n) is 7.48. The number of nitrogens with zero attached hydrogens (tertiary/aromatic N) is 3. The highest BCUT2D eigenvalue weighted by Crippen LogP contribution is 2.25. The molecule has 0 unspecified atom stereocenters. The fourth-order valence-electron chi connectivity index (χ4n) is 2.85. The van der Waals surface area contributed by atoms with Crippen LogP contribution in [0.2, 0.25) is 0 Å². The molecule has 2 aliphatic heterocycles. The van der Waals surface area contributed by atoms with Crippen molar-refractivity contribution in [2.24, 2.45) is 4.99 Å². The highest BCUT2D eigenvalue weighted by atomic mass is 32.2. The Balaban J connectivity index is 1.73. The normalized spacial score (nSPS) is 21.8. The Morgan fingerprint density at radius 1 is 1.45 bits per heavy atom. The predicted octanol–water partition coefficient (Wildman–Crippen LogP) is 2.67. The van der Waals surface area contributed by atoms with E-state index in [2.05, 4.69) is 22.9 Å². The van der Waals surface area contributed by atoms with Crippen LogP contribution in [0.5, 0.6) is 0 Å².